The summed E-state index contributed by atoms with van der Waals surface area (Å²) in [5.74, 6) is 0.207. The van der Waals surface area contributed by atoms with E-state index in [1.54, 1.807) is 5.01 Å². The molecule has 2 rings (SSSR count). The van der Waals surface area contributed by atoms with Crippen LogP contribution in [-0.2, 0) is 4.79 Å². The molecule has 12 heavy (non-hydrogen) atoms. The van der Waals surface area contributed by atoms with Gasteiger partial charge in [-0.25, -0.2) is 5.43 Å². The molecule has 0 radical (unpaired) electrons. The lowest BCUT2D eigenvalue weighted by molar-refractivity contribution is -0.131. The monoisotopic (exact) mass is 164 g/mol. The summed E-state index contributed by atoms with van der Waals surface area (Å²) in [5, 5.41) is 1.68. The fraction of sp³-hybridized carbons (Fsp3) is 0.444. The molecule has 2 unspecified atom stereocenters. The highest BCUT2D eigenvalue weighted by atomic mass is 16.2. The van der Waals surface area contributed by atoms with Gasteiger partial charge < -0.3 is 0 Å². The first-order valence-corrected chi connectivity index (χ1v) is 4.25. The highest BCUT2D eigenvalue weighted by Crippen LogP contribution is 2.21. The number of allylic oxidation sites excluding steroid dienone is 2. The van der Waals surface area contributed by atoms with Gasteiger partial charge in [0.15, 0.2) is 0 Å². The molecule has 1 saturated heterocycles. The van der Waals surface area contributed by atoms with Crippen molar-refractivity contribution >= 4 is 5.91 Å². The van der Waals surface area contributed by atoms with Crippen LogP contribution in [0.2, 0.25) is 0 Å². The Bertz CT molecular complexity index is 257. The Morgan fingerprint density at radius 3 is 2.92 bits per heavy atom. The first kappa shape index (κ1) is 7.55. The molecule has 1 heterocycles. The van der Waals surface area contributed by atoms with Crippen LogP contribution >= 0.6 is 0 Å². The normalized spacial score (nSPS) is 32.8. The largest absolute Gasteiger partial charge is 0.277 e. The van der Waals surface area contributed by atoms with Crippen LogP contribution < -0.4 is 5.43 Å². The van der Waals surface area contributed by atoms with E-state index in [0.29, 0.717) is 0 Å². The number of nitrogens with one attached hydrogen (secondary N) is 1. The van der Waals surface area contributed by atoms with Gasteiger partial charge >= 0.3 is 0 Å². The minimum atomic E-state index is 0.0231. The molecular weight excluding hydrogens is 152 g/mol. The van der Waals surface area contributed by atoms with E-state index in [9.17, 15) is 4.79 Å². The number of carbonyl (C=O) groups is 1. The summed E-state index contributed by atoms with van der Waals surface area (Å²) in [6.07, 6.45) is 7.88. The van der Waals surface area contributed by atoms with Crippen LogP contribution in [0.3, 0.4) is 0 Å². The Morgan fingerprint density at radius 1 is 1.50 bits per heavy atom. The molecule has 1 amide bonds. The van der Waals surface area contributed by atoms with Gasteiger partial charge in [0.1, 0.15) is 0 Å². The van der Waals surface area contributed by atoms with Crippen LogP contribution in [0.5, 0.6) is 0 Å². The van der Waals surface area contributed by atoms with E-state index in [1.165, 1.54) is 0 Å². The minimum Gasteiger partial charge on any atom is -0.277 e. The number of hydrogen-bond donors (Lipinski definition) is 1. The molecule has 3 nitrogen and oxygen atoms in total. The average Bonchev–Trinajstić information content (AvgIpc) is 2.44. The molecule has 0 saturated carbocycles. The molecule has 3 heteroatoms. The lowest BCUT2D eigenvalue weighted by Crippen LogP contribution is -2.36. The maximum absolute atomic E-state index is 11.5. The van der Waals surface area contributed by atoms with E-state index in [0.717, 1.165) is 6.54 Å². The number of amides is 1. The zero-order valence-corrected chi connectivity index (χ0v) is 7.03. The van der Waals surface area contributed by atoms with E-state index in [1.807, 2.05) is 31.2 Å². The van der Waals surface area contributed by atoms with Crippen molar-refractivity contribution in [2.45, 2.75) is 13.0 Å². The molecule has 1 aliphatic heterocycles. The Morgan fingerprint density at radius 2 is 2.25 bits per heavy atom. The summed E-state index contributed by atoms with van der Waals surface area (Å²) < 4.78 is 0. The third-order valence-corrected chi connectivity index (χ3v) is 2.31. The van der Waals surface area contributed by atoms with Gasteiger partial charge in [-0.1, -0.05) is 24.3 Å². The Labute approximate surface area is 71.7 Å². The van der Waals surface area contributed by atoms with Gasteiger partial charge in [-0.15, -0.1) is 0 Å². The Kier molecular flexibility index (Phi) is 1.73. The third-order valence-electron chi connectivity index (χ3n) is 2.31. The molecule has 0 bridgehead atoms. The predicted octanol–water partition coefficient (Wildman–Crippen LogP) is 0.464. The predicted molar refractivity (Wildman–Crippen MR) is 46.1 cm³/mol. The summed E-state index contributed by atoms with van der Waals surface area (Å²) in [5.41, 5.74) is 3.14. The van der Waals surface area contributed by atoms with Crippen LogP contribution in [0.1, 0.15) is 6.92 Å². The van der Waals surface area contributed by atoms with E-state index < -0.39 is 0 Å². The quantitative estimate of drug-likeness (QED) is 0.610. The second kappa shape index (κ2) is 2.75. The van der Waals surface area contributed by atoms with Gasteiger partial charge in [0, 0.05) is 6.54 Å². The number of hydrazine groups is 1. The van der Waals surface area contributed by atoms with Gasteiger partial charge in [-0.2, -0.15) is 0 Å². The number of nitrogens with zero attached hydrogens (tertiary/aromatic N) is 1. The molecule has 2 atom stereocenters. The smallest absolute Gasteiger partial charge is 0.245 e. The van der Waals surface area contributed by atoms with Gasteiger partial charge in [0.2, 0.25) is 5.91 Å². The first-order chi connectivity index (χ1) is 5.83. The summed E-state index contributed by atoms with van der Waals surface area (Å²) in [6, 6.07) is 0.183. The zero-order valence-electron chi connectivity index (χ0n) is 7.03. The van der Waals surface area contributed by atoms with Crippen LogP contribution in [0.4, 0.5) is 0 Å². The van der Waals surface area contributed by atoms with Crippen LogP contribution in [0.15, 0.2) is 24.3 Å². The molecular formula is C9H12N2O. The molecule has 0 spiro atoms. The molecule has 1 N–H and O–H groups in total. The zero-order chi connectivity index (χ0) is 8.55. The van der Waals surface area contributed by atoms with Gasteiger partial charge in [0.05, 0.1) is 12.0 Å². The highest BCUT2D eigenvalue weighted by Gasteiger charge is 2.36. The fourth-order valence-electron chi connectivity index (χ4n) is 1.64. The maximum atomic E-state index is 11.5. The SMILES string of the molecule is CCN1NC2C=CC=CC2C1=O. The van der Waals surface area contributed by atoms with E-state index >= 15 is 0 Å². The lowest BCUT2D eigenvalue weighted by atomic mass is 9.97. The van der Waals surface area contributed by atoms with Crippen molar-refractivity contribution < 1.29 is 4.79 Å². The van der Waals surface area contributed by atoms with Gasteiger partial charge in [0.25, 0.3) is 0 Å². The lowest BCUT2D eigenvalue weighted by Gasteiger charge is -2.13. The highest BCUT2D eigenvalue weighted by molar-refractivity contribution is 5.83. The molecule has 64 valence electrons. The fourth-order valence-corrected chi connectivity index (χ4v) is 1.64. The minimum absolute atomic E-state index is 0.0231. The summed E-state index contributed by atoms with van der Waals surface area (Å²) in [6.45, 7) is 2.70. The van der Waals surface area contributed by atoms with Crippen molar-refractivity contribution in [2.24, 2.45) is 5.92 Å². The number of carbonyl (C=O) groups excluding carboxylic acids is 1. The molecule has 0 aromatic carbocycles. The van der Waals surface area contributed by atoms with Gasteiger partial charge in [-0.3, -0.25) is 9.80 Å². The Hall–Kier alpha value is -1.09. The topological polar surface area (TPSA) is 32.3 Å². The second-order valence-corrected chi connectivity index (χ2v) is 3.03. The van der Waals surface area contributed by atoms with Crippen molar-refractivity contribution in [2.75, 3.05) is 6.54 Å². The molecule has 0 aromatic heterocycles. The maximum Gasteiger partial charge on any atom is 0.245 e. The van der Waals surface area contributed by atoms with Crippen molar-refractivity contribution in [1.29, 1.82) is 0 Å². The molecule has 1 aliphatic carbocycles. The molecule has 0 aromatic rings. The van der Waals surface area contributed by atoms with Crippen molar-refractivity contribution in [1.82, 2.24) is 10.4 Å². The number of rotatable bonds is 1. The number of hydrogen-bond acceptors (Lipinski definition) is 2. The average molecular weight is 164 g/mol. The van der Waals surface area contributed by atoms with Gasteiger partial charge in [-0.05, 0) is 6.92 Å². The van der Waals surface area contributed by atoms with Crippen molar-refractivity contribution in [3.63, 3.8) is 0 Å². The first-order valence-electron chi connectivity index (χ1n) is 4.25. The molecule has 2 aliphatic rings. The van der Waals surface area contributed by atoms with Crippen LogP contribution in [0.25, 0.3) is 0 Å². The van der Waals surface area contributed by atoms with Crippen LogP contribution in [-0.4, -0.2) is 23.5 Å². The van der Waals surface area contributed by atoms with Crippen LogP contribution in [0, 0.1) is 5.92 Å². The second-order valence-electron chi connectivity index (χ2n) is 3.03. The standard InChI is InChI=1S/C9H12N2O/c1-2-11-9(12)7-5-3-4-6-8(7)10-11/h3-8,10H,2H2,1H3. The van der Waals surface area contributed by atoms with E-state index in [4.69, 9.17) is 0 Å². The van der Waals surface area contributed by atoms with E-state index in [-0.39, 0.29) is 17.9 Å². The molecule has 1 fully saturated rings. The van der Waals surface area contributed by atoms with E-state index in [2.05, 4.69) is 5.43 Å². The summed E-state index contributed by atoms with van der Waals surface area (Å²) in [4.78, 5) is 11.5. The number of fused-ring (bicyclic) bond motifs is 1. The van der Waals surface area contributed by atoms with Crippen molar-refractivity contribution in [3.05, 3.63) is 24.3 Å². The van der Waals surface area contributed by atoms with Crippen molar-refractivity contribution in [3.8, 4) is 0 Å². The summed E-state index contributed by atoms with van der Waals surface area (Å²) in [7, 11) is 0. The summed E-state index contributed by atoms with van der Waals surface area (Å²) >= 11 is 0. The third kappa shape index (κ3) is 0.975. The Balaban J connectivity index is 2.21.